The van der Waals surface area contributed by atoms with E-state index in [9.17, 15) is 0 Å². The van der Waals surface area contributed by atoms with E-state index in [-0.39, 0.29) is 95.9 Å². The minimum atomic E-state index is 0. The van der Waals surface area contributed by atoms with Gasteiger partial charge in [-0.25, -0.2) is 4.57 Å². The highest BCUT2D eigenvalue weighted by molar-refractivity contribution is 5.94. The standard InChI is InChI=1S/C24H30N4O.4HI/c1-5-28(3,4)17-9-15-27-16-13-19(20-10-6-7-11-21(20)27)18-23-25-24-22(29-23)12-8-14-26(24)2;;;;/h6-8,10-14,16,18H,5,9,15,17H2,1-4H3;4*1H/q+2;;;;/p-4. The number of benzene rings is 1. The van der Waals surface area contributed by atoms with Gasteiger partial charge in [0.1, 0.15) is 0 Å². The molecule has 33 heavy (non-hydrogen) atoms. The number of oxazole rings is 1. The van der Waals surface area contributed by atoms with Gasteiger partial charge in [-0.05, 0) is 36.8 Å². The predicted molar refractivity (Wildman–Crippen MR) is 118 cm³/mol. The van der Waals surface area contributed by atoms with E-state index in [1.165, 1.54) is 17.8 Å². The van der Waals surface area contributed by atoms with Crippen LogP contribution in [0.1, 0.15) is 24.8 Å². The van der Waals surface area contributed by atoms with Crippen LogP contribution in [0.3, 0.4) is 0 Å². The number of halogens is 4. The molecule has 0 saturated heterocycles. The van der Waals surface area contributed by atoms with E-state index in [0.717, 1.165) is 40.8 Å². The second-order valence-corrected chi connectivity index (χ2v) is 8.31. The molecule has 0 unspecified atom stereocenters. The smallest absolute Gasteiger partial charge is 0.370 e. The zero-order valence-corrected chi connectivity index (χ0v) is 27.9. The summed E-state index contributed by atoms with van der Waals surface area (Å²) in [6, 6.07) is 12.5. The number of aryl methyl sites for hydroxylation is 1. The summed E-state index contributed by atoms with van der Waals surface area (Å²) in [6.45, 7) is 5.59. The van der Waals surface area contributed by atoms with Gasteiger partial charge in [-0.15, -0.1) is 0 Å². The lowest BCUT2D eigenvalue weighted by molar-refractivity contribution is -0.888. The minimum absolute atomic E-state index is 0. The molecule has 0 radical (unpaired) electrons. The highest BCUT2D eigenvalue weighted by atomic mass is 127. The lowest BCUT2D eigenvalue weighted by atomic mass is 9.99. The number of aromatic nitrogens is 2. The first-order valence-corrected chi connectivity index (χ1v) is 10.3. The first-order valence-electron chi connectivity index (χ1n) is 10.3. The molecule has 1 aliphatic heterocycles. The summed E-state index contributed by atoms with van der Waals surface area (Å²) in [4.78, 5) is 7.01. The van der Waals surface area contributed by atoms with Gasteiger partial charge < -0.3 is 110 Å². The maximum Gasteiger partial charge on any atom is 0.370 e. The molecule has 2 aromatic heterocycles. The molecule has 1 aliphatic rings. The number of rotatable bonds is 6. The summed E-state index contributed by atoms with van der Waals surface area (Å²) in [5.74, 6) is 0.631. The van der Waals surface area contributed by atoms with E-state index < -0.39 is 0 Å². The van der Waals surface area contributed by atoms with Crippen molar-refractivity contribution in [1.82, 2.24) is 4.98 Å². The molecule has 0 N–H and O–H groups in total. The molecule has 1 aromatic carbocycles. The molecule has 0 amide bonds. The van der Waals surface area contributed by atoms with Gasteiger partial charge in [0.25, 0.3) is 0 Å². The van der Waals surface area contributed by atoms with Crippen molar-refractivity contribution < 1.29 is 109 Å². The third kappa shape index (κ3) is 8.00. The first kappa shape index (κ1) is 33.0. The number of nitrogens with zero attached hydrogens (tertiary/aromatic N) is 4. The maximum atomic E-state index is 5.95. The molecule has 3 heterocycles. The van der Waals surface area contributed by atoms with Crippen LogP contribution < -0.4 is 105 Å². The lowest BCUT2D eigenvalue weighted by Crippen LogP contribution is -3.00. The molecule has 0 bridgehead atoms. The molecule has 0 aliphatic carbocycles. The van der Waals surface area contributed by atoms with E-state index in [1.54, 1.807) is 0 Å². The molecule has 5 nitrogen and oxygen atoms in total. The predicted octanol–water partition coefficient (Wildman–Crippen LogP) is -7.97. The maximum absolute atomic E-state index is 5.95. The van der Waals surface area contributed by atoms with Crippen molar-refractivity contribution in [3.8, 4) is 0 Å². The highest BCUT2D eigenvalue weighted by Gasteiger charge is 2.20. The van der Waals surface area contributed by atoms with E-state index in [2.05, 4.69) is 67.4 Å². The minimum Gasteiger partial charge on any atom is -1.00 e. The van der Waals surface area contributed by atoms with E-state index in [1.807, 2.05) is 36.0 Å². The number of anilines is 1. The van der Waals surface area contributed by atoms with E-state index in [4.69, 9.17) is 4.42 Å². The summed E-state index contributed by atoms with van der Waals surface area (Å²) in [7, 11) is 6.57. The summed E-state index contributed by atoms with van der Waals surface area (Å²) in [6.07, 6.45) is 9.51. The molecule has 0 spiro atoms. The Morgan fingerprint density at radius 2 is 1.79 bits per heavy atom. The third-order valence-corrected chi connectivity index (χ3v) is 5.80. The van der Waals surface area contributed by atoms with Gasteiger partial charge in [0.05, 0.1) is 40.4 Å². The van der Waals surface area contributed by atoms with Gasteiger partial charge in [-0.2, -0.15) is 0 Å². The Bertz CT molecular complexity index is 1100. The van der Waals surface area contributed by atoms with Crippen molar-refractivity contribution in [3.63, 3.8) is 0 Å². The zero-order chi connectivity index (χ0) is 20.4. The molecule has 0 atom stereocenters. The van der Waals surface area contributed by atoms with E-state index in [0.29, 0.717) is 5.89 Å². The summed E-state index contributed by atoms with van der Waals surface area (Å²) in [5, 5.41) is 0. The molecule has 0 fully saturated rings. The molecule has 182 valence electrons. The van der Waals surface area contributed by atoms with E-state index >= 15 is 0 Å². The van der Waals surface area contributed by atoms with Gasteiger partial charge >= 0.3 is 11.5 Å². The third-order valence-electron chi connectivity index (χ3n) is 5.80. The fourth-order valence-electron chi connectivity index (χ4n) is 3.68. The van der Waals surface area contributed by atoms with Crippen LogP contribution in [0.15, 0.2) is 59.3 Å². The number of allylic oxidation sites excluding steroid dienone is 2. The number of hydrogen-bond acceptors (Lipinski definition) is 3. The molecular weight excluding hydrogens is 868 g/mol. The fourth-order valence-corrected chi connectivity index (χ4v) is 3.68. The molecule has 3 aromatic rings. The Morgan fingerprint density at radius 1 is 1.06 bits per heavy atom. The Hall–Kier alpha value is 0.000000000000000888. The van der Waals surface area contributed by atoms with Gasteiger partial charge in [-0.3, -0.25) is 0 Å². The quantitative estimate of drug-likeness (QED) is 0.140. The SMILES string of the molecule is CC[N+](C)(C)CCCN1C=C/C(=C\c2nc3c(ccc[n+]3C)o2)c2ccccc21.[I-].[I-].[I-].[I-]. The van der Waals surface area contributed by atoms with Gasteiger partial charge in [0.15, 0.2) is 0 Å². The average Bonchev–Trinajstić information content (AvgIpc) is 3.13. The number of fused-ring (bicyclic) bond motifs is 2. The van der Waals surface area contributed by atoms with Crippen molar-refractivity contribution >= 4 is 28.6 Å². The zero-order valence-electron chi connectivity index (χ0n) is 19.3. The van der Waals surface area contributed by atoms with Gasteiger partial charge in [-0.1, -0.05) is 18.2 Å². The summed E-state index contributed by atoms with van der Waals surface area (Å²) >= 11 is 0. The monoisotopic (exact) mass is 898 g/mol. The highest BCUT2D eigenvalue weighted by Crippen LogP contribution is 2.34. The van der Waals surface area contributed by atoms with Crippen LogP contribution in [0.25, 0.3) is 22.9 Å². The van der Waals surface area contributed by atoms with Crippen molar-refractivity contribution in [2.75, 3.05) is 38.6 Å². The second kappa shape index (κ2) is 14.5. The van der Waals surface area contributed by atoms with Crippen LogP contribution in [0.4, 0.5) is 5.69 Å². The summed E-state index contributed by atoms with van der Waals surface area (Å²) in [5.41, 5.74) is 5.23. The lowest BCUT2D eigenvalue weighted by Gasteiger charge is -2.31. The van der Waals surface area contributed by atoms with Crippen LogP contribution in [0.2, 0.25) is 0 Å². The van der Waals surface area contributed by atoms with Crippen LogP contribution in [-0.2, 0) is 7.05 Å². The van der Waals surface area contributed by atoms with Crippen LogP contribution in [0.5, 0.6) is 0 Å². The van der Waals surface area contributed by atoms with Crippen molar-refractivity contribution in [2.45, 2.75) is 13.3 Å². The van der Waals surface area contributed by atoms with Gasteiger partial charge in [0, 0.05) is 41.5 Å². The Morgan fingerprint density at radius 3 is 2.48 bits per heavy atom. The average molecular weight is 898 g/mol. The number of para-hydroxylation sites is 1. The fraction of sp³-hybridized carbons (Fsp3) is 0.333. The number of hydrogen-bond donors (Lipinski definition) is 0. The van der Waals surface area contributed by atoms with Crippen LogP contribution in [-0.4, -0.2) is 43.2 Å². The topological polar surface area (TPSA) is 33.2 Å². The Labute approximate surface area is 265 Å². The number of quaternary nitrogens is 1. The van der Waals surface area contributed by atoms with Crippen molar-refractivity contribution in [3.05, 3.63) is 66.3 Å². The normalized spacial score (nSPS) is 13.5. The largest absolute Gasteiger partial charge is 1.00 e. The molecule has 4 rings (SSSR count). The van der Waals surface area contributed by atoms with Gasteiger partial charge in [0.2, 0.25) is 5.58 Å². The summed E-state index contributed by atoms with van der Waals surface area (Å²) < 4.78 is 8.98. The van der Waals surface area contributed by atoms with Crippen molar-refractivity contribution in [1.29, 1.82) is 0 Å². The van der Waals surface area contributed by atoms with Crippen LogP contribution >= 0.6 is 0 Å². The number of pyridine rings is 1. The molecular formula is C24H30I4N4O-2. The first-order chi connectivity index (χ1) is 14.0. The Balaban J connectivity index is 0.00000256. The Kier molecular flexibility index (Phi) is 14.5. The second-order valence-electron chi connectivity index (χ2n) is 8.31. The molecule has 9 heteroatoms. The molecule has 0 saturated carbocycles. The van der Waals surface area contributed by atoms with Crippen LogP contribution in [0, 0.1) is 0 Å². The van der Waals surface area contributed by atoms with Crippen molar-refractivity contribution in [2.24, 2.45) is 7.05 Å².